The van der Waals surface area contributed by atoms with Gasteiger partial charge in [-0.1, -0.05) is 6.07 Å². The van der Waals surface area contributed by atoms with E-state index < -0.39 is 13.5 Å². The number of benzene rings is 2. The van der Waals surface area contributed by atoms with Crippen molar-refractivity contribution >= 4 is 18.3 Å². The minimum absolute atomic E-state index is 0.305. The highest BCUT2D eigenvalue weighted by atomic mass is 19.4. The fourth-order valence-corrected chi connectivity index (χ4v) is 2.31. The molecule has 3 rings (SSSR count). The summed E-state index contributed by atoms with van der Waals surface area (Å²) < 4.78 is 45.2. The molecule has 126 valence electrons. The number of halogens is 3. The summed E-state index contributed by atoms with van der Waals surface area (Å²) in [6.07, 6.45) is -4.01. The predicted octanol–water partition coefficient (Wildman–Crippen LogP) is 2.25. The molecular weight excluding hydrogens is 326 g/mol. The SMILES string of the molecule is OB1OCCc2ccc(NOc3ccc(OC(F)(F)F)cc3)cc21. The molecule has 0 amide bonds. The van der Waals surface area contributed by atoms with Gasteiger partial charge in [0.15, 0.2) is 5.75 Å². The van der Waals surface area contributed by atoms with Crippen LogP contribution < -0.4 is 20.5 Å². The van der Waals surface area contributed by atoms with Crippen molar-refractivity contribution < 1.29 is 32.4 Å². The molecule has 1 aliphatic rings. The number of rotatable bonds is 4. The summed E-state index contributed by atoms with van der Waals surface area (Å²) in [5.74, 6) is -0.0251. The standard InChI is InChI=1S/C15H13BF3NO4/c17-15(18,19)23-12-3-5-13(6-4-12)24-20-11-2-1-10-7-8-22-16(21)14(10)9-11/h1-6,9,20-21H,7-8H2. The van der Waals surface area contributed by atoms with Gasteiger partial charge in [0.2, 0.25) is 0 Å². The lowest BCUT2D eigenvalue weighted by molar-refractivity contribution is -0.274. The summed E-state index contributed by atoms with van der Waals surface area (Å²) in [7, 11) is -0.977. The first-order valence-electron chi connectivity index (χ1n) is 7.12. The van der Waals surface area contributed by atoms with E-state index in [0.717, 1.165) is 17.7 Å². The van der Waals surface area contributed by atoms with Gasteiger partial charge in [-0.25, -0.2) is 5.48 Å². The first-order valence-corrected chi connectivity index (χ1v) is 7.12. The van der Waals surface area contributed by atoms with E-state index in [9.17, 15) is 18.2 Å². The minimum atomic E-state index is -4.73. The summed E-state index contributed by atoms with van der Waals surface area (Å²) >= 11 is 0. The van der Waals surface area contributed by atoms with Crippen LogP contribution in [0.1, 0.15) is 5.56 Å². The Morgan fingerprint density at radius 1 is 1.08 bits per heavy atom. The van der Waals surface area contributed by atoms with Gasteiger partial charge >= 0.3 is 13.5 Å². The highest BCUT2D eigenvalue weighted by molar-refractivity contribution is 6.61. The van der Waals surface area contributed by atoms with Gasteiger partial charge in [-0.15, -0.1) is 13.2 Å². The molecule has 24 heavy (non-hydrogen) atoms. The molecule has 0 spiro atoms. The van der Waals surface area contributed by atoms with Crippen LogP contribution in [-0.4, -0.2) is 25.1 Å². The molecule has 0 fully saturated rings. The Kier molecular flexibility index (Phi) is 4.54. The topological polar surface area (TPSA) is 60.0 Å². The van der Waals surface area contributed by atoms with Crippen LogP contribution in [0.3, 0.4) is 0 Å². The van der Waals surface area contributed by atoms with Crippen molar-refractivity contribution in [1.29, 1.82) is 0 Å². The van der Waals surface area contributed by atoms with E-state index in [4.69, 9.17) is 9.49 Å². The molecule has 1 heterocycles. The maximum Gasteiger partial charge on any atom is 0.573 e. The average molecular weight is 339 g/mol. The molecule has 0 saturated heterocycles. The Bertz CT molecular complexity index is 709. The number of nitrogens with one attached hydrogen (secondary N) is 1. The predicted molar refractivity (Wildman–Crippen MR) is 81.1 cm³/mol. The smallest absolute Gasteiger partial charge is 0.423 e. The van der Waals surface area contributed by atoms with E-state index in [2.05, 4.69) is 10.2 Å². The molecule has 0 unspecified atom stereocenters. The van der Waals surface area contributed by atoms with Crippen LogP contribution in [0.2, 0.25) is 0 Å². The van der Waals surface area contributed by atoms with Gasteiger partial charge in [-0.3, -0.25) is 0 Å². The third-order valence-electron chi connectivity index (χ3n) is 3.40. The summed E-state index contributed by atoms with van der Waals surface area (Å²) in [6.45, 7) is 0.462. The maximum atomic E-state index is 12.1. The molecule has 2 aromatic rings. The van der Waals surface area contributed by atoms with E-state index in [1.165, 1.54) is 12.1 Å². The van der Waals surface area contributed by atoms with Crippen LogP contribution >= 0.6 is 0 Å². The Morgan fingerprint density at radius 2 is 1.79 bits per heavy atom. The normalized spacial score (nSPS) is 14.1. The van der Waals surface area contributed by atoms with Crippen LogP contribution in [0.15, 0.2) is 42.5 Å². The molecule has 1 aliphatic heterocycles. The van der Waals surface area contributed by atoms with Gasteiger partial charge in [0, 0.05) is 6.61 Å². The molecule has 9 heteroatoms. The largest absolute Gasteiger partial charge is 0.573 e. The van der Waals surface area contributed by atoms with Crippen LogP contribution in [0.25, 0.3) is 0 Å². The molecule has 0 aromatic heterocycles. The zero-order valence-corrected chi connectivity index (χ0v) is 12.3. The van der Waals surface area contributed by atoms with Crippen molar-refractivity contribution in [3.63, 3.8) is 0 Å². The second kappa shape index (κ2) is 6.62. The highest BCUT2D eigenvalue weighted by Crippen LogP contribution is 2.25. The zero-order valence-electron chi connectivity index (χ0n) is 12.3. The first-order chi connectivity index (χ1) is 11.4. The lowest BCUT2D eigenvalue weighted by atomic mass is 9.73. The molecule has 0 atom stereocenters. The van der Waals surface area contributed by atoms with Crippen molar-refractivity contribution in [1.82, 2.24) is 0 Å². The number of hydrogen-bond acceptors (Lipinski definition) is 5. The van der Waals surface area contributed by atoms with E-state index in [1.54, 1.807) is 12.1 Å². The monoisotopic (exact) mass is 339 g/mol. The number of ether oxygens (including phenoxy) is 1. The second-order valence-electron chi connectivity index (χ2n) is 5.11. The number of fused-ring (bicyclic) bond motifs is 1. The zero-order chi connectivity index (χ0) is 17.2. The van der Waals surface area contributed by atoms with Gasteiger partial charge in [-0.2, -0.15) is 0 Å². The second-order valence-corrected chi connectivity index (χ2v) is 5.11. The van der Waals surface area contributed by atoms with Crippen molar-refractivity contribution in [3.8, 4) is 11.5 Å². The molecule has 0 aliphatic carbocycles. The quantitative estimate of drug-likeness (QED) is 0.661. The van der Waals surface area contributed by atoms with Gasteiger partial charge in [-0.05, 0) is 53.8 Å². The van der Waals surface area contributed by atoms with Crippen molar-refractivity contribution in [2.24, 2.45) is 0 Å². The molecule has 0 radical (unpaired) electrons. The summed E-state index contributed by atoms with van der Waals surface area (Å²) in [5, 5.41) is 9.80. The van der Waals surface area contributed by atoms with E-state index in [0.29, 0.717) is 29.9 Å². The van der Waals surface area contributed by atoms with E-state index in [1.807, 2.05) is 6.07 Å². The maximum absolute atomic E-state index is 12.1. The summed E-state index contributed by atoms with van der Waals surface area (Å²) in [5.41, 5.74) is 4.90. The van der Waals surface area contributed by atoms with Gasteiger partial charge in [0.1, 0.15) is 5.75 Å². The lowest BCUT2D eigenvalue weighted by Crippen LogP contribution is -2.41. The third kappa shape index (κ3) is 4.12. The Hall–Kier alpha value is -2.39. The van der Waals surface area contributed by atoms with E-state index in [-0.39, 0.29) is 5.75 Å². The fraction of sp³-hybridized carbons (Fsp3) is 0.200. The fourth-order valence-electron chi connectivity index (χ4n) is 2.31. The van der Waals surface area contributed by atoms with E-state index >= 15 is 0 Å². The van der Waals surface area contributed by atoms with Crippen LogP contribution in [-0.2, 0) is 11.1 Å². The Balaban J connectivity index is 1.62. The average Bonchev–Trinajstić information content (AvgIpc) is 2.53. The number of alkyl halides is 3. The molecule has 0 saturated carbocycles. The molecule has 2 aromatic carbocycles. The minimum Gasteiger partial charge on any atom is -0.423 e. The van der Waals surface area contributed by atoms with Gasteiger partial charge < -0.3 is 19.3 Å². The first kappa shape index (κ1) is 16.5. The highest BCUT2D eigenvalue weighted by Gasteiger charge is 2.31. The Labute approximate surface area is 136 Å². The number of anilines is 1. The molecule has 2 N–H and O–H groups in total. The van der Waals surface area contributed by atoms with Crippen LogP contribution in [0, 0.1) is 0 Å². The summed E-state index contributed by atoms with van der Waals surface area (Å²) in [4.78, 5) is 5.29. The lowest BCUT2D eigenvalue weighted by Gasteiger charge is -2.20. The molecule has 5 nitrogen and oxygen atoms in total. The van der Waals surface area contributed by atoms with Crippen molar-refractivity contribution in [3.05, 3.63) is 48.0 Å². The third-order valence-corrected chi connectivity index (χ3v) is 3.40. The van der Waals surface area contributed by atoms with Crippen molar-refractivity contribution in [2.75, 3.05) is 12.1 Å². The Morgan fingerprint density at radius 3 is 2.50 bits per heavy atom. The van der Waals surface area contributed by atoms with Crippen LogP contribution in [0.5, 0.6) is 11.5 Å². The summed E-state index contributed by atoms with van der Waals surface area (Å²) in [6, 6.07) is 10.3. The van der Waals surface area contributed by atoms with Crippen LogP contribution in [0.4, 0.5) is 18.9 Å². The molecular formula is C15H13BF3NO4. The van der Waals surface area contributed by atoms with Gasteiger partial charge in [0.25, 0.3) is 0 Å². The van der Waals surface area contributed by atoms with Crippen molar-refractivity contribution in [2.45, 2.75) is 12.8 Å². The number of hydrogen-bond donors (Lipinski definition) is 2. The molecule has 0 bridgehead atoms. The van der Waals surface area contributed by atoms with Gasteiger partial charge in [0.05, 0.1) is 5.69 Å².